The molecular formula is C24H24ClNO2. The molecule has 0 saturated carbocycles. The van der Waals surface area contributed by atoms with Gasteiger partial charge in [0.2, 0.25) is 0 Å². The smallest absolute Gasteiger partial charge is 0.119 e. The summed E-state index contributed by atoms with van der Waals surface area (Å²) in [5.74, 6) is 1.03. The molecule has 3 rings (SSSR count). The Balaban J connectivity index is 2.17. The number of rotatable bonds is 7. The van der Waals surface area contributed by atoms with E-state index < -0.39 is 0 Å². The van der Waals surface area contributed by atoms with Crippen LogP contribution in [0.3, 0.4) is 0 Å². The fourth-order valence-corrected chi connectivity index (χ4v) is 3.50. The first-order valence-electron chi connectivity index (χ1n) is 9.34. The van der Waals surface area contributed by atoms with Crippen LogP contribution in [0.1, 0.15) is 30.0 Å². The van der Waals surface area contributed by atoms with Crippen LogP contribution in [0.15, 0.2) is 72.8 Å². The second kappa shape index (κ2) is 9.45. The number of allylic oxidation sites excluding steroid dienone is 1. The molecule has 0 aliphatic rings. The Kier molecular flexibility index (Phi) is 6.75. The molecule has 3 aromatic carbocycles. The molecule has 3 N–H and O–H groups in total. The average molecular weight is 394 g/mol. The van der Waals surface area contributed by atoms with Crippen molar-refractivity contribution in [3.63, 3.8) is 0 Å². The van der Waals surface area contributed by atoms with Crippen LogP contribution in [0.5, 0.6) is 11.5 Å². The maximum absolute atomic E-state index is 9.72. The number of ether oxygens (including phenoxy) is 1. The van der Waals surface area contributed by atoms with Gasteiger partial charge in [0.15, 0.2) is 0 Å². The molecule has 0 radical (unpaired) electrons. The van der Waals surface area contributed by atoms with Gasteiger partial charge in [-0.2, -0.15) is 0 Å². The number of benzene rings is 3. The van der Waals surface area contributed by atoms with Crippen LogP contribution in [0, 0.1) is 0 Å². The number of aromatic hydroxyl groups is 1. The maximum Gasteiger partial charge on any atom is 0.119 e. The van der Waals surface area contributed by atoms with Crippen LogP contribution in [0.25, 0.3) is 11.1 Å². The fourth-order valence-electron chi connectivity index (χ4n) is 3.25. The van der Waals surface area contributed by atoms with Crippen LogP contribution in [0.2, 0.25) is 5.02 Å². The molecule has 0 bridgehead atoms. The van der Waals surface area contributed by atoms with Gasteiger partial charge in [-0.15, -0.1) is 0 Å². The summed E-state index contributed by atoms with van der Waals surface area (Å²) in [6.07, 6.45) is 0.811. The molecule has 0 aromatic heterocycles. The van der Waals surface area contributed by atoms with Gasteiger partial charge >= 0.3 is 0 Å². The average Bonchev–Trinajstić information content (AvgIpc) is 2.73. The summed E-state index contributed by atoms with van der Waals surface area (Å²) in [7, 11) is 0. The van der Waals surface area contributed by atoms with E-state index in [1.54, 1.807) is 12.1 Å². The minimum Gasteiger partial charge on any atom is -0.508 e. The largest absolute Gasteiger partial charge is 0.508 e. The monoisotopic (exact) mass is 393 g/mol. The highest BCUT2D eigenvalue weighted by Gasteiger charge is 2.15. The number of phenols is 1. The normalized spacial score (nSPS) is 11.8. The molecule has 0 heterocycles. The van der Waals surface area contributed by atoms with E-state index in [9.17, 15) is 5.11 Å². The highest BCUT2D eigenvalue weighted by atomic mass is 35.5. The van der Waals surface area contributed by atoms with Gasteiger partial charge in [0.1, 0.15) is 18.1 Å². The Hall–Kier alpha value is -2.75. The maximum atomic E-state index is 9.72. The molecule has 0 saturated heterocycles. The van der Waals surface area contributed by atoms with Crippen molar-refractivity contribution >= 4 is 22.7 Å². The SMILES string of the molecule is CCC(=C(c1ccc(O)cc1)c1ccc(OCCN)cc1)c1ccccc1Cl. The molecule has 0 aliphatic carbocycles. The van der Waals surface area contributed by atoms with E-state index in [1.807, 2.05) is 60.7 Å². The molecule has 144 valence electrons. The minimum atomic E-state index is 0.240. The molecule has 0 fully saturated rings. The lowest BCUT2D eigenvalue weighted by atomic mass is 9.88. The summed E-state index contributed by atoms with van der Waals surface area (Å²) < 4.78 is 5.61. The van der Waals surface area contributed by atoms with Crippen molar-refractivity contribution < 1.29 is 9.84 Å². The van der Waals surface area contributed by atoms with E-state index in [0.29, 0.717) is 13.2 Å². The predicted molar refractivity (Wildman–Crippen MR) is 117 cm³/mol. The zero-order chi connectivity index (χ0) is 19.9. The predicted octanol–water partition coefficient (Wildman–Crippen LogP) is 5.75. The van der Waals surface area contributed by atoms with Gasteiger partial charge in [-0.25, -0.2) is 0 Å². The number of nitrogens with two attached hydrogens (primary N) is 1. The van der Waals surface area contributed by atoms with Crippen LogP contribution in [-0.4, -0.2) is 18.3 Å². The Bertz CT molecular complexity index is 947. The minimum absolute atomic E-state index is 0.240. The van der Waals surface area contributed by atoms with E-state index in [1.165, 1.54) is 0 Å². The third-order valence-corrected chi connectivity index (χ3v) is 4.87. The first-order valence-corrected chi connectivity index (χ1v) is 9.72. The second-order valence-corrected chi connectivity index (χ2v) is 6.80. The summed E-state index contributed by atoms with van der Waals surface area (Å²) >= 11 is 6.52. The van der Waals surface area contributed by atoms with E-state index in [-0.39, 0.29) is 5.75 Å². The molecule has 3 nitrogen and oxygen atoms in total. The lowest BCUT2D eigenvalue weighted by molar-refractivity contribution is 0.328. The van der Waals surface area contributed by atoms with Crippen molar-refractivity contribution in [1.29, 1.82) is 0 Å². The summed E-state index contributed by atoms with van der Waals surface area (Å²) in [5, 5.41) is 10.4. The van der Waals surface area contributed by atoms with Gasteiger partial charge in [0.05, 0.1) is 0 Å². The van der Waals surface area contributed by atoms with E-state index in [4.69, 9.17) is 22.1 Å². The molecule has 28 heavy (non-hydrogen) atoms. The Morgan fingerprint density at radius 3 is 2.11 bits per heavy atom. The quantitative estimate of drug-likeness (QED) is 0.502. The summed E-state index contributed by atoms with van der Waals surface area (Å²) in [4.78, 5) is 0. The molecule has 0 spiro atoms. The number of hydrogen-bond donors (Lipinski definition) is 2. The van der Waals surface area contributed by atoms with Crippen molar-refractivity contribution in [2.45, 2.75) is 13.3 Å². The van der Waals surface area contributed by atoms with E-state index in [0.717, 1.165) is 45.0 Å². The lowest BCUT2D eigenvalue weighted by Crippen LogP contribution is -2.10. The molecular weight excluding hydrogens is 370 g/mol. The standard InChI is InChI=1S/C24H24ClNO2/c1-2-21(22-5-3-4-6-23(22)25)24(17-7-11-19(27)12-8-17)18-9-13-20(14-10-18)28-16-15-26/h3-14,27H,2,15-16,26H2,1H3. The lowest BCUT2D eigenvalue weighted by Gasteiger charge is -2.17. The Morgan fingerprint density at radius 1 is 0.929 bits per heavy atom. The third-order valence-electron chi connectivity index (χ3n) is 4.54. The van der Waals surface area contributed by atoms with Crippen LogP contribution in [-0.2, 0) is 0 Å². The van der Waals surface area contributed by atoms with Crippen LogP contribution in [0.4, 0.5) is 0 Å². The highest BCUT2D eigenvalue weighted by Crippen LogP contribution is 2.37. The van der Waals surface area contributed by atoms with E-state index in [2.05, 4.69) is 6.92 Å². The number of phenolic OH excluding ortho intramolecular Hbond substituents is 1. The topological polar surface area (TPSA) is 55.5 Å². The molecule has 0 amide bonds. The molecule has 0 aliphatic heterocycles. The van der Waals surface area contributed by atoms with Gasteiger partial charge < -0.3 is 15.6 Å². The van der Waals surface area contributed by atoms with Gasteiger partial charge in [0.25, 0.3) is 0 Å². The van der Waals surface area contributed by atoms with Crippen molar-refractivity contribution in [3.05, 3.63) is 94.5 Å². The van der Waals surface area contributed by atoms with Gasteiger partial charge in [0, 0.05) is 11.6 Å². The Morgan fingerprint density at radius 2 is 1.54 bits per heavy atom. The number of hydrogen-bond acceptors (Lipinski definition) is 3. The fraction of sp³-hybridized carbons (Fsp3) is 0.167. The van der Waals surface area contributed by atoms with Gasteiger partial charge in [-0.3, -0.25) is 0 Å². The zero-order valence-corrected chi connectivity index (χ0v) is 16.6. The van der Waals surface area contributed by atoms with Gasteiger partial charge in [-0.05, 0) is 64.6 Å². The molecule has 4 heteroatoms. The first kappa shape index (κ1) is 20.0. The third kappa shape index (κ3) is 4.56. The first-order chi connectivity index (χ1) is 13.6. The summed E-state index contributed by atoms with van der Waals surface area (Å²) in [6.45, 7) is 3.09. The van der Waals surface area contributed by atoms with E-state index >= 15 is 0 Å². The summed E-state index contributed by atoms with van der Waals surface area (Å²) in [6, 6.07) is 23.1. The molecule has 0 atom stereocenters. The summed E-state index contributed by atoms with van der Waals surface area (Å²) in [5.41, 5.74) is 10.8. The molecule has 3 aromatic rings. The van der Waals surface area contributed by atoms with Crippen LogP contribution >= 0.6 is 11.6 Å². The van der Waals surface area contributed by atoms with Crippen molar-refractivity contribution in [3.8, 4) is 11.5 Å². The van der Waals surface area contributed by atoms with Crippen molar-refractivity contribution in [1.82, 2.24) is 0 Å². The second-order valence-electron chi connectivity index (χ2n) is 6.40. The highest BCUT2D eigenvalue weighted by molar-refractivity contribution is 6.32. The van der Waals surface area contributed by atoms with Crippen molar-refractivity contribution in [2.24, 2.45) is 5.73 Å². The number of halogens is 1. The molecule has 0 unspecified atom stereocenters. The van der Waals surface area contributed by atoms with Crippen molar-refractivity contribution in [2.75, 3.05) is 13.2 Å². The van der Waals surface area contributed by atoms with Gasteiger partial charge in [-0.1, -0.05) is 61.0 Å². The Labute approximate surface area is 171 Å². The zero-order valence-electron chi connectivity index (χ0n) is 15.9. The van der Waals surface area contributed by atoms with Crippen LogP contribution < -0.4 is 10.5 Å².